The molecule has 1 aromatic carbocycles. The molecule has 3 aromatic rings. The van der Waals surface area contributed by atoms with Crippen LogP contribution in [0.5, 0.6) is 11.5 Å². The average Bonchev–Trinajstić information content (AvgIpc) is 3.58. The van der Waals surface area contributed by atoms with Crippen molar-refractivity contribution in [1.29, 1.82) is 5.26 Å². The Kier molecular flexibility index (Phi) is 9.91. The molecule has 0 unspecified atom stereocenters. The Bertz CT molecular complexity index is 1570. The maximum absolute atomic E-state index is 13.4. The molecule has 0 atom stereocenters. The van der Waals surface area contributed by atoms with Gasteiger partial charge in [-0.1, -0.05) is 43.4 Å². The number of anilines is 1. The second-order valence-electron chi connectivity index (χ2n) is 9.40. The van der Waals surface area contributed by atoms with E-state index in [0.29, 0.717) is 62.9 Å². The Morgan fingerprint density at radius 1 is 1.20 bits per heavy atom. The first-order valence-corrected chi connectivity index (χ1v) is 14.4. The molecule has 1 amide bonds. The van der Waals surface area contributed by atoms with E-state index in [4.69, 9.17) is 26.1 Å². The Balaban J connectivity index is 1.71. The van der Waals surface area contributed by atoms with E-state index < -0.39 is 0 Å². The highest BCUT2D eigenvalue weighted by molar-refractivity contribution is 8.26. The zero-order valence-corrected chi connectivity index (χ0v) is 25.1. The van der Waals surface area contributed by atoms with Gasteiger partial charge in [0.1, 0.15) is 27.5 Å². The van der Waals surface area contributed by atoms with Crippen molar-refractivity contribution < 1.29 is 18.7 Å². The van der Waals surface area contributed by atoms with Crippen LogP contribution in [0.25, 0.3) is 6.08 Å². The number of aromatic nitrogens is 1. The molecule has 1 aliphatic rings. The summed E-state index contributed by atoms with van der Waals surface area (Å²) in [7, 11) is 3.18. The number of thiocarbonyl (C=S) groups is 1. The van der Waals surface area contributed by atoms with Gasteiger partial charge in [0.05, 0.1) is 31.9 Å². The van der Waals surface area contributed by atoms with Gasteiger partial charge in [-0.2, -0.15) is 5.26 Å². The molecule has 1 aliphatic heterocycles. The van der Waals surface area contributed by atoms with Crippen molar-refractivity contribution in [3.8, 4) is 17.6 Å². The summed E-state index contributed by atoms with van der Waals surface area (Å²) in [5.74, 6) is 2.22. The van der Waals surface area contributed by atoms with Gasteiger partial charge in [0.15, 0.2) is 11.5 Å². The lowest BCUT2D eigenvalue weighted by molar-refractivity contribution is -0.122. The van der Waals surface area contributed by atoms with Gasteiger partial charge in [-0.25, -0.2) is 0 Å². The number of hydrogen-bond acceptors (Lipinski definition) is 9. The molecule has 0 bridgehead atoms. The van der Waals surface area contributed by atoms with Gasteiger partial charge in [-0.15, -0.1) is 0 Å². The van der Waals surface area contributed by atoms with Crippen LogP contribution in [0, 0.1) is 18.3 Å². The first-order valence-electron chi connectivity index (χ1n) is 13.2. The van der Waals surface area contributed by atoms with Crippen LogP contribution in [0.15, 0.2) is 50.7 Å². The number of hydrogen-bond donors (Lipinski definition) is 1. The molecule has 1 N–H and O–H groups in total. The summed E-state index contributed by atoms with van der Waals surface area (Å²) < 4.78 is 18.2. The van der Waals surface area contributed by atoms with Crippen LogP contribution in [-0.4, -0.2) is 40.5 Å². The first-order chi connectivity index (χ1) is 19.8. The number of methoxy groups -OCH3 is 2. The Labute approximate surface area is 248 Å². The molecule has 1 saturated heterocycles. The molecule has 214 valence electrons. The van der Waals surface area contributed by atoms with Gasteiger partial charge in [0.25, 0.3) is 11.5 Å². The fourth-order valence-electron chi connectivity index (χ4n) is 4.57. The number of carbonyl (C=O) groups is 1. The minimum Gasteiger partial charge on any atom is -0.493 e. The van der Waals surface area contributed by atoms with Crippen molar-refractivity contribution in [1.82, 2.24) is 9.47 Å². The monoisotopic (exact) mass is 592 g/mol. The quantitative estimate of drug-likeness (QED) is 0.216. The second kappa shape index (κ2) is 13.6. The standard InChI is InChI=1S/C30H32N4O5S2/c1-5-6-13-33-27(32-12-11-20-9-10-24(37-3)25(15-20)38-4)22(19(2)23(17-31)28(33)35)16-26-29(36)34(30(40)41-26)18-21-8-7-14-39-21/h7-10,14-16,32H,5-6,11-13,18H2,1-4H3/b26-16+. The molecule has 41 heavy (non-hydrogen) atoms. The number of rotatable bonds is 12. The van der Waals surface area contributed by atoms with Crippen molar-refractivity contribution in [3.05, 3.63) is 79.9 Å². The molecule has 0 spiro atoms. The second-order valence-corrected chi connectivity index (χ2v) is 11.1. The molecular weight excluding hydrogens is 560 g/mol. The van der Waals surface area contributed by atoms with Gasteiger partial charge < -0.3 is 19.2 Å². The van der Waals surface area contributed by atoms with Crippen LogP contribution in [0.3, 0.4) is 0 Å². The van der Waals surface area contributed by atoms with Crippen molar-refractivity contribution in [2.75, 3.05) is 26.1 Å². The third-order valence-electron chi connectivity index (χ3n) is 6.81. The normalized spacial score (nSPS) is 14.0. The SMILES string of the molecule is CCCCn1c(NCCc2ccc(OC)c(OC)c2)c(/C=C2/SC(=S)N(Cc3ccco3)C2=O)c(C)c(C#N)c1=O. The number of ether oxygens (including phenoxy) is 2. The number of carbonyl (C=O) groups excluding carboxylic acids is 1. The fourth-order valence-corrected chi connectivity index (χ4v) is 5.81. The summed E-state index contributed by atoms with van der Waals surface area (Å²) in [6, 6.07) is 11.4. The number of nitrogens with zero attached hydrogens (tertiary/aromatic N) is 3. The molecule has 11 heteroatoms. The number of furan rings is 1. The third-order valence-corrected chi connectivity index (χ3v) is 8.19. The van der Waals surface area contributed by atoms with E-state index in [2.05, 4.69) is 11.4 Å². The fraction of sp³-hybridized carbons (Fsp3) is 0.333. The minimum atomic E-state index is -0.352. The number of nitriles is 1. The molecule has 0 saturated carbocycles. The summed E-state index contributed by atoms with van der Waals surface area (Å²) in [6.45, 7) is 4.93. The number of pyridine rings is 1. The van der Waals surface area contributed by atoms with Crippen molar-refractivity contribution >= 4 is 46.1 Å². The van der Waals surface area contributed by atoms with Crippen LogP contribution in [-0.2, 0) is 24.3 Å². The van der Waals surface area contributed by atoms with E-state index in [-0.39, 0.29) is 23.6 Å². The predicted molar refractivity (Wildman–Crippen MR) is 164 cm³/mol. The summed E-state index contributed by atoms with van der Waals surface area (Å²) in [4.78, 5) is 28.7. The first kappa shape index (κ1) is 30.0. The third kappa shape index (κ3) is 6.50. The van der Waals surface area contributed by atoms with Gasteiger partial charge in [0, 0.05) is 18.7 Å². The van der Waals surface area contributed by atoms with E-state index in [1.165, 1.54) is 16.7 Å². The highest BCUT2D eigenvalue weighted by atomic mass is 32.2. The Hall–Kier alpha value is -4.01. The average molecular weight is 593 g/mol. The summed E-state index contributed by atoms with van der Waals surface area (Å²) in [5.41, 5.74) is 1.85. The number of benzene rings is 1. The number of nitrogens with one attached hydrogen (secondary N) is 1. The minimum absolute atomic E-state index is 0.0591. The topological polar surface area (TPSA) is 110 Å². The van der Waals surface area contributed by atoms with Crippen LogP contribution < -0.4 is 20.3 Å². The van der Waals surface area contributed by atoms with Crippen LogP contribution >= 0.6 is 24.0 Å². The smallest absolute Gasteiger partial charge is 0.270 e. The van der Waals surface area contributed by atoms with E-state index in [9.17, 15) is 14.9 Å². The van der Waals surface area contributed by atoms with Crippen molar-refractivity contribution in [3.63, 3.8) is 0 Å². The lowest BCUT2D eigenvalue weighted by Gasteiger charge is -2.20. The number of thioether (sulfide) groups is 1. The number of unbranched alkanes of at least 4 members (excludes halogenated alkanes) is 1. The predicted octanol–water partition coefficient (Wildman–Crippen LogP) is 5.49. The van der Waals surface area contributed by atoms with Gasteiger partial charge in [-0.05, 0) is 61.2 Å². The molecule has 1 fully saturated rings. The molecular formula is C30H32N4O5S2. The maximum atomic E-state index is 13.4. The highest BCUT2D eigenvalue weighted by Gasteiger charge is 2.33. The lowest BCUT2D eigenvalue weighted by atomic mass is 10.0. The van der Waals surface area contributed by atoms with Gasteiger partial charge in [-0.3, -0.25) is 19.1 Å². The zero-order chi connectivity index (χ0) is 29.5. The zero-order valence-electron chi connectivity index (χ0n) is 23.5. The molecule has 3 heterocycles. The van der Waals surface area contributed by atoms with E-state index in [1.54, 1.807) is 50.2 Å². The van der Waals surface area contributed by atoms with Crippen molar-refractivity contribution in [2.45, 2.75) is 46.2 Å². The van der Waals surface area contributed by atoms with Crippen LogP contribution in [0.4, 0.5) is 5.82 Å². The summed E-state index contributed by atoms with van der Waals surface area (Å²) >= 11 is 6.70. The molecule has 4 rings (SSSR count). The molecule has 2 aromatic heterocycles. The summed E-state index contributed by atoms with van der Waals surface area (Å²) in [6.07, 6.45) is 5.54. The van der Waals surface area contributed by atoms with Gasteiger partial charge >= 0.3 is 0 Å². The maximum Gasteiger partial charge on any atom is 0.270 e. The molecule has 0 radical (unpaired) electrons. The highest BCUT2D eigenvalue weighted by Crippen LogP contribution is 2.36. The van der Waals surface area contributed by atoms with E-state index in [0.717, 1.165) is 18.4 Å². The van der Waals surface area contributed by atoms with E-state index in [1.807, 2.05) is 25.1 Å². The van der Waals surface area contributed by atoms with Crippen LogP contribution in [0.2, 0.25) is 0 Å². The summed E-state index contributed by atoms with van der Waals surface area (Å²) in [5, 5.41) is 13.3. The van der Waals surface area contributed by atoms with Crippen molar-refractivity contribution in [2.24, 2.45) is 0 Å². The van der Waals surface area contributed by atoms with Gasteiger partial charge in [0.2, 0.25) is 0 Å². The van der Waals surface area contributed by atoms with E-state index >= 15 is 0 Å². The van der Waals surface area contributed by atoms with Crippen LogP contribution in [0.1, 0.15) is 47.8 Å². The Morgan fingerprint density at radius 2 is 1.98 bits per heavy atom. The Morgan fingerprint density at radius 3 is 2.63 bits per heavy atom. The molecule has 9 nitrogen and oxygen atoms in total. The number of amides is 1. The molecule has 0 aliphatic carbocycles. The lowest BCUT2D eigenvalue weighted by Crippen LogP contribution is -2.29. The largest absolute Gasteiger partial charge is 0.493 e.